The molecule has 0 spiro atoms. The number of hydrogen-bond donors (Lipinski definition) is 2. The largest absolute Gasteiger partial charge is 0.424 e. The molecule has 0 atom stereocenters. The van der Waals surface area contributed by atoms with Crippen LogP contribution in [0.4, 0.5) is 11.4 Å². The monoisotopic (exact) mass is 400 g/mol. The summed E-state index contributed by atoms with van der Waals surface area (Å²) in [5.74, 6) is -0.628. The Hall–Kier alpha value is -4.06. The van der Waals surface area contributed by atoms with Crippen molar-refractivity contribution in [1.29, 1.82) is 0 Å². The summed E-state index contributed by atoms with van der Waals surface area (Å²) in [6.07, 6.45) is 0. The molecule has 0 aliphatic heterocycles. The van der Waals surface area contributed by atoms with Gasteiger partial charge in [-0.15, -0.1) is 0 Å². The quantitative estimate of drug-likeness (QED) is 0.294. The van der Waals surface area contributed by atoms with Crippen LogP contribution < -0.4 is 20.9 Å². The first-order chi connectivity index (χ1) is 14.4. The highest BCUT2D eigenvalue weighted by atomic mass is 16.5. The molecule has 0 radical (unpaired) electrons. The fourth-order valence-corrected chi connectivity index (χ4v) is 3.70. The summed E-state index contributed by atoms with van der Waals surface area (Å²) in [6.45, 7) is 2.62. The number of benzene rings is 4. The van der Waals surface area contributed by atoms with Gasteiger partial charge < -0.3 is 20.9 Å². The first kappa shape index (κ1) is 19.3. The lowest BCUT2D eigenvalue weighted by Gasteiger charge is -2.20. The maximum atomic E-state index is 11.9. The first-order valence-corrected chi connectivity index (χ1v) is 9.36. The third-order valence-corrected chi connectivity index (χ3v) is 4.80. The Labute approximate surface area is 173 Å². The molecule has 150 valence electrons. The number of fused-ring (bicyclic) bond motifs is 2. The lowest BCUT2D eigenvalue weighted by Crippen LogP contribution is -2.09. The Balaban J connectivity index is 2.25. The van der Waals surface area contributed by atoms with E-state index in [-0.39, 0.29) is 11.5 Å². The first-order valence-electron chi connectivity index (χ1n) is 9.36. The van der Waals surface area contributed by atoms with E-state index in [1.54, 1.807) is 12.1 Å². The van der Waals surface area contributed by atoms with E-state index in [0.717, 1.165) is 21.5 Å². The Morgan fingerprint density at radius 1 is 0.667 bits per heavy atom. The zero-order valence-electron chi connectivity index (χ0n) is 16.6. The predicted octanol–water partition coefficient (Wildman–Crippen LogP) is 4.68. The molecule has 4 N–H and O–H groups in total. The SMILES string of the molecule is CC(=O)Oc1c(N)cc2ccccc2c1-c1c(OC(C)=O)c(N)cc2ccccc12. The van der Waals surface area contributed by atoms with E-state index >= 15 is 0 Å². The fourth-order valence-electron chi connectivity index (χ4n) is 3.70. The molecular formula is C24H20N2O4. The number of carbonyl (C=O) groups excluding carboxylic acids is 2. The molecule has 4 aromatic rings. The molecule has 6 heteroatoms. The Bertz CT molecular complexity index is 1220. The molecule has 0 aromatic heterocycles. The Kier molecular flexibility index (Phi) is 4.75. The van der Waals surface area contributed by atoms with Crippen LogP contribution in [0, 0.1) is 0 Å². The van der Waals surface area contributed by atoms with Crippen molar-refractivity contribution in [3.8, 4) is 22.6 Å². The maximum absolute atomic E-state index is 11.9. The van der Waals surface area contributed by atoms with Crippen LogP contribution >= 0.6 is 0 Å². The van der Waals surface area contributed by atoms with Crippen LogP contribution in [0.5, 0.6) is 11.5 Å². The molecule has 0 aliphatic carbocycles. The van der Waals surface area contributed by atoms with Gasteiger partial charge in [0.1, 0.15) is 0 Å². The second-order valence-electron chi connectivity index (χ2n) is 6.97. The van der Waals surface area contributed by atoms with Crippen molar-refractivity contribution in [2.45, 2.75) is 13.8 Å². The zero-order valence-corrected chi connectivity index (χ0v) is 16.6. The minimum absolute atomic E-state index is 0.199. The van der Waals surface area contributed by atoms with E-state index < -0.39 is 11.9 Å². The molecule has 4 aromatic carbocycles. The summed E-state index contributed by atoms with van der Waals surface area (Å²) in [5.41, 5.74) is 14.2. The van der Waals surface area contributed by atoms with Gasteiger partial charge in [-0.05, 0) is 33.7 Å². The molecule has 6 nitrogen and oxygen atoms in total. The number of hydrogen-bond acceptors (Lipinski definition) is 6. The van der Waals surface area contributed by atoms with Crippen LogP contribution in [0.25, 0.3) is 32.7 Å². The molecule has 0 fully saturated rings. The molecule has 0 unspecified atom stereocenters. The normalized spacial score (nSPS) is 10.9. The van der Waals surface area contributed by atoms with Gasteiger partial charge in [0, 0.05) is 25.0 Å². The Morgan fingerprint density at radius 3 is 1.40 bits per heavy atom. The average molecular weight is 400 g/mol. The number of carbonyl (C=O) groups is 2. The third-order valence-electron chi connectivity index (χ3n) is 4.80. The van der Waals surface area contributed by atoms with E-state index in [9.17, 15) is 9.59 Å². The van der Waals surface area contributed by atoms with Gasteiger partial charge >= 0.3 is 11.9 Å². The summed E-state index contributed by atoms with van der Waals surface area (Å²) in [5, 5.41) is 3.27. The van der Waals surface area contributed by atoms with Gasteiger partial charge in [0.25, 0.3) is 0 Å². The van der Waals surface area contributed by atoms with Gasteiger partial charge in [0.15, 0.2) is 11.5 Å². The second-order valence-corrected chi connectivity index (χ2v) is 6.97. The molecule has 0 bridgehead atoms. The van der Waals surface area contributed by atoms with Crippen molar-refractivity contribution in [3.05, 3.63) is 60.7 Å². The second kappa shape index (κ2) is 7.40. The van der Waals surface area contributed by atoms with Gasteiger partial charge in [-0.25, -0.2) is 0 Å². The summed E-state index contributed by atoms with van der Waals surface area (Å²) in [4.78, 5) is 23.8. The number of ether oxygens (including phenoxy) is 2. The number of anilines is 2. The van der Waals surface area contributed by atoms with Gasteiger partial charge in [-0.3, -0.25) is 9.59 Å². The van der Waals surface area contributed by atoms with Crippen LogP contribution in [0.2, 0.25) is 0 Å². The molecule has 0 saturated heterocycles. The molecule has 0 saturated carbocycles. The lowest BCUT2D eigenvalue weighted by atomic mass is 9.91. The minimum atomic E-state index is -0.513. The van der Waals surface area contributed by atoms with Crippen molar-refractivity contribution in [3.63, 3.8) is 0 Å². The summed E-state index contributed by atoms with van der Waals surface area (Å²) >= 11 is 0. The van der Waals surface area contributed by atoms with Crippen LogP contribution in [0.1, 0.15) is 13.8 Å². The van der Waals surface area contributed by atoms with Crippen LogP contribution in [-0.2, 0) is 9.59 Å². The molecule has 0 amide bonds. The van der Waals surface area contributed by atoms with E-state index in [2.05, 4.69) is 0 Å². The summed E-state index contributed by atoms with van der Waals surface area (Å²) in [6, 6.07) is 18.6. The number of nitrogen functional groups attached to an aromatic ring is 2. The smallest absolute Gasteiger partial charge is 0.308 e. The fraction of sp³-hybridized carbons (Fsp3) is 0.0833. The van der Waals surface area contributed by atoms with E-state index in [4.69, 9.17) is 20.9 Å². The minimum Gasteiger partial charge on any atom is -0.424 e. The van der Waals surface area contributed by atoms with E-state index in [1.807, 2.05) is 48.5 Å². The standard InChI is InChI=1S/C24H20N2O4/c1-13(27)29-23-19(25)11-15-7-3-5-9-17(15)21(23)22-18-10-6-4-8-16(18)12-20(26)24(22)30-14(2)28/h3-12H,25-26H2,1-2H3. The Morgan fingerprint density at radius 2 is 1.03 bits per heavy atom. The highest BCUT2D eigenvalue weighted by molar-refractivity contribution is 6.14. The van der Waals surface area contributed by atoms with Crippen LogP contribution in [0.3, 0.4) is 0 Å². The van der Waals surface area contributed by atoms with Crippen molar-refractivity contribution < 1.29 is 19.1 Å². The predicted molar refractivity (Wildman–Crippen MR) is 118 cm³/mol. The molecule has 0 aliphatic rings. The molecular weight excluding hydrogens is 380 g/mol. The van der Waals surface area contributed by atoms with Gasteiger partial charge in [0.2, 0.25) is 0 Å². The average Bonchev–Trinajstić information content (AvgIpc) is 2.69. The van der Waals surface area contributed by atoms with Crippen molar-refractivity contribution in [2.75, 3.05) is 11.5 Å². The van der Waals surface area contributed by atoms with Crippen LogP contribution in [0.15, 0.2) is 60.7 Å². The van der Waals surface area contributed by atoms with Crippen LogP contribution in [-0.4, -0.2) is 11.9 Å². The van der Waals surface area contributed by atoms with E-state index in [1.165, 1.54) is 13.8 Å². The number of esters is 2. The number of rotatable bonds is 3. The van der Waals surface area contributed by atoms with E-state index in [0.29, 0.717) is 22.5 Å². The highest BCUT2D eigenvalue weighted by Crippen LogP contribution is 2.50. The highest BCUT2D eigenvalue weighted by Gasteiger charge is 2.24. The molecule has 0 heterocycles. The zero-order chi connectivity index (χ0) is 21.4. The topological polar surface area (TPSA) is 105 Å². The number of nitrogens with two attached hydrogens (primary N) is 2. The van der Waals surface area contributed by atoms with Crippen molar-refractivity contribution >= 4 is 44.9 Å². The lowest BCUT2D eigenvalue weighted by molar-refractivity contribution is -0.132. The maximum Gasteiger partial charge on any atom is 0.308 e. The third kappa shape index (κ3) is 3.28. The van der Waals surface area contributed by atoms with Gasteiger partial charge in [0.05, 0.1) is 11.4 Å². The van der Waals surface area contributed by atoms with Crippen molar-refractivity contribution in [2.24, 2.45) is 0 Å². The molecule has 4 rings (SSSR count). The van der Waals surface area contributed by atoms with Gasteiger partial charge in [-0.2, -0.15) is 0 Å². The van der Waals surface area contributed by atoms with Crippen molar-refractivity contribution in [1.82, 2.24) is 0 Å². The summed E-state index contributed by atoms with van der Waals surface area (Å²) < 4.78 is 11.1. The van der Waals surface area contributed by atoms with Gasteiger partial charge in [-0.1, -0.05) is 48.5 Å². The summed E-state index contributed by atoms with van der Waals surface area (Å²) in [7, 11) is 0. The molecule has 30 heavy (non-hydrogen) atoms.